The molecule has 0 aliphatic carbocycles. The lowest BCUT2D eigenvalue weighted by molar-refractivity contribution is 0.0352. The van der Waals surface area contributed by atoms with E-state index in [1.165, 1.54) is 19.3 Å². The quantitative estimate of drug-likeness (QED) is 0.508. The van der Waals surface area contributed by atoms with E-state index in [2.05, 4.69) is 0 Å². The summed E-state index contributed by atoms with van der Waals surface area (Å²) in [6.45, 7) is 2.50. The van der Waals surface area contributed by atoms with Gasteiger partial charge in [0.15, 0.2) is 0 Å². The summed E-state index contributed by atoms with van der Waals surface area (Å²) in [5, 5.41) is 0. The first-order chi connectivity index (χ1) is 5.45. The van der Waals surface area contributed by atoms with Gasteiger partial charge in [0.25, 0.3) is 0 Å². The third-order valence-electron chi connectivity index (χ3n) is 2.24. The summed E-state index contributed by atoms with van der Waals surface area (Å²) in [6, 6.07) is 0. The number of hydrogen-bond donors (Lipinski definition) is 0. The molecule has 2 bridgehead atoms. The minimum absolute atomic E-state index is 0.763. The van der Waals surface area contributed by atoms with Gasteiger partial charge in [0.05, 0.1) is 0 Å². The summed E-state index contributed by atoms with van der Waals surface area (Å²) >= 11 is 0. The molecule has 0 spiro atoms. The maximum absolute atomic E-state index is 5.41. The molecule has 0 saturated carbocycles. The summed E-state index contributed by atoms with van der Waals surface area (Å²) < 4.78 is 16.2. The molecule has 0 amide bonds. The zero-order valence-electron chi connectivity index (χ0n) is 6.54. The highest BCUT2D eigenvalue weighted by Gasteiger charge is 2.26. The van der Waals surface area contributed by atoms with Crippen molar-refractivity contribution in [2.24, 2.45) is 5.92 Å². The van der Waals surface area contributed by atoms with E-state index in [1.54, 1.807) is 0 Å². The highest BCUT2D eigenvalue weighted by molar-refractivity contribution is 6.36. The van der Waals surface area contributed by atoms with Crippen LogP contribution in [0.2, 0.25) is 0 Å². The first-order valence-electron chi connectivity index (χ1n) is 4.20. The van der Waals surface area contributed by atoms with Gasteiger partial charge < -0.3 is 13.3 Å². The predicted octanol–water partition coefficient (Wildman–Crippen LogP) is 0.835. The summed E-state index contributed by atoms with van der Waals surface area (Å²) in [4.78, 5) is 0. The molecule has 3 rings (SSSR count). The van der Waals surface area contributed by atoms with Gasteiger partial charge >= 0.3 is 9.53 Å². The molecule has 0 atom stereocenters. The highest BCUT2D eigenvalue weighted by Crippen LogP contribution is 2.20. The second-order valence-corrected chi connectivity index (χ2v) is 4.39. The number of hydrogen-bond acceptors (Lipinski definition) is 3. The van der Waals surface area contributed by atoms with Crippen molar-refractivity contribution in [1.82, 2.24) is 0 Å². The first kappa shape index (κ1) is 7.73. The van der Waals surface area contributed by atoms with Crippen LogP contribution in [0.3, 0.4) is 0 Å². The molecule has 3 aliphatic rings. The molecule has 1 radical (unpaired) electrons. The van der Waals surface area contributed by atoms with Crippen LogP contribution in [0.15, 0.2) is 0 Å². The Kier molecular flexibility index (Phi) is 2.58. The largest absolute Gasteiger partial charge is 0.577 e. The van der Waals surface area contributed by atoms with E-state index in [-0.39, 0.29) is 0 Å². The predicted molar refractivity (Wildman–Crippen MR) is 41.0 cm³/mol. The van der Waals surface area contributed by atoms with Crippen LogP contribution in [0.25, 0.3) is 0 Å². The van der Waals surface area contributed by atoms with Gasteiger partial charge in [0, 0.05) is 19.8 Å². The summed E-state index contributed by atoms with van der Waals surface area (Å²) in [5.41, 5.74) is 0. The fraction of sp³-hybridized carbons (Fsp3) is 1.00. The van der Waals surface area contributed by atoms with Gasteiger partial charge in [-0.3, -0.25) is 0 Å². The van der Waals surface area contributed by atoms with E-state index >= 15 is 0 Å². The molecule has 63 valence electrons. The van der Waals surface area contributed by atoms with Gasteiger partial charge in [-0.2, -0.15) is 0 Å². The van der Waals surface area contributed by atoms with Crippen molar-refractivity contribution >= 4 is 9.53 Å². The van der Waals surface area contributed by atoms with Gasteiger partial charge in [0.2, 0.25) is 0 Å². The fourth-order valence-corrected chi connectivity index (χ4v) is 2.59. The average molecular weight is 173 g/mol. The van der Waals surface area contributed by atoms with Crippen LogP contribution < -0.4 is 0 Å². The van der Waals surface area contributed by atoms with Crippen LogP contribution in [-0.4, -0.2) is 29.3 Å². The van der Waals surface area contributed by atoms with E-state index in [9.17, 15) is 0 Å². The third kappa shape index (κ3) is 2.02. The van der Waals surface area contributed by atoms with Gasteiger partial charge in [-0.05, 0) is 25.2 Å². The van der Waals surface area contributed by atoms with Crippen LogP contribution in [0.4, 0.5) is 0 Å². The lowest BCUT2D eigenvalue weighted by atomic mass is 9.99. The molecule has 11 heavy (non-hydrogen) atoms. The zero-order valence-corrected chi connectivity index (χ0v) is 7.54. The van der Waals surface area contributed by atoms with Crippen LogP contribution in [0, 0.1) is 5.92 Å². The Balaban J connectivity index is 1.96. The average Bonchev–Trinajstić information content (AvgIpc) is 1.80. The molecule has 0 unspecified atom stereocenters. The van der Waals surface area contributed by atoms with Crippen molar-refractivity contribution in [2.75, 3.05) is 19.8 Å². The number of rotatable bonds is 0. The Bertz CT molecular complexity index is 95.1. The Morgan fingerprint density at radius 1 is 0.818 bits per heavy atom. The van der Waals surface area contributed by atoms with Crippen molar-refractivity contribution in [3.05, 3.63) is 0 Å². The molecular weight excluding hydrogens is 160 g/mol. The second kappa shape index (κ2) is 3.67. The van der Waals surface area contributed by atoms with Crippen molar-refractivity contribution in [2.45, 2.75) is 19.3 Å². The molecule has 3 aliphatic heterocycles. The minimum atomic E-state index is -1.32. The van der Waals surface area contributed by atoms with E-state index in [0.29, 0.717) is 0 Å². The van der Waals surface area contributed by atoms with Crippen LogP contribution >= 0.6 is 0 Å². The summed E-state index contributed by atoms with van der Waals surface area (Å²) in [7, 11) is -1.32. The van der Waals surface area contributed by atoms with E-state index in [0.717, 1.165) is 25.7 Å². The molecule has 3 fully saturated rings. The smallest absolute Gasteiger partial charge is 0.371 e. The number of fused-ring (bicyclic) bond motifs is 6. The zero-order chi connectivity index (χ0) is 7.52. The molecule has 4 heteroatoms. The second-order valence-electron chi connectivity index (χ2n) is 3.03. The molecule has 3 nitrogen and oxygen atoms in total. The molecule has 0 N–H and O–H groups in total. The van der Waals surface area contributed by atoms with Crippen LogP contribution in [-0.2, 0) is 13.3 Å². The molecule has 3 saturated heterocycles. The van der Waals surface area contributed by atoms with E-state index < -0.39 is 9.53 Å². The maximum atomic E-state index is 5.41. The maximum Gasteiger partial charge on any atom is 0.577 e. The fourth-order valence-electron chi connectivity index (χ4n) is 1.48. The molecule has 0 aromatic heterocycles. The minimum Gasteiger partial charge on any atom is -0.371 e. The Hall–Kier alpha value is 0.0969. The molecule has 3 heterocycles. The van der Waals surface area contributed by atoms with Gasteiger partial charge in [-0.25, -0.2) is 0 Å². The topological polar surface area (TPSA) is 27.7 Å². The van der Waals surface area contributed by atoms with E-state index in [4.69, 9.17) is 13.3 Å². The lowest BCUT2D eigenvalue weighted by Crippen LogP contribution is -2.35. The Morgan fingerprint density at radius 2 is 1.27 bits per heavy atom. The Labute approximate surface area is 68.6 Å². The van der Waals surface area contributed by atoms with Crippen LogP contribution in [0.1, 0.15) is 19.3 Å². The summed E-state index contributed by atoms with van der Waals surface area (Å²) in [5.74, 6) is 0.763. The highest BCUT2D eigenvalue weighted by atomic mass is 28.3. The van der Waals surface area contributed by atoms with Crippen LogP contribution in [0.5, 0.6) is 0 Å². The van der Waals surface area contributed by atoms with Gasteiger partial charge in [-0.1, -0.05) is 0 Å². The first-order valence-corrected chi connectivity index (χ1v) is 5.43. The van der Waals surface area contributed by atoms with E-state index in [1.807, 2.05) is 0 Å². The van der Waals surface area contributed by atoms with Crippen molar-refractivity contribution in [3.8, 4) is 0 Å². The standard InChI is InChI=1S/C7H13O3Si/c1-4-8-11-9-5-2-7(1)3-6-10-11/h7H,1-6H2. The lowest BCUT2D eigenvalue weighted by Gasteiger charge is -2.27. The van der Waals surface area contributed by atoms with Crippen molar-refractivity contribution < 1.29 is 13.3 Å². The summed E-state index contributed by atoms with van der Waals surface area (Å²) in [6.07, 6.45) is 3.59. The molecular formula is C7H13O3Si. The van der Waals surface area contributed by atoms with Crippen molar-refractivity contribution in [1.29, 1.82) is 0 Å². The van der Waals surface area contributed by atoms with Crippen molar-refractivity contribution in [3.63, 3.8) is 0 Å². The van der Waals surface area contributed by atoms with Gasteiger partial charge in [0.1, 0.15) is 0 Å². The Morgan fingerprint density at radius 3 is 1.73 bits per heavy atom. The monoisotopic (exact) mass is 173 g/mol. The normalized spacial score (nSPS) is 29.5. The molecule has 0 aromatic carbocycles. The third-order valence-corrected chi connectivity index (χ3v) is 3.56. The molecule has 0 aromatic rings. The SMILES string of the molecule is C1CC2CCO[Si](O1)OCC2. The van der Waals surface area contributed by atoms with Gasteiger partial charge in [-0.15, -0.1) is 0 Å².